The summed E-state index contributed by atoms with van der Waals surface area (Å²) < 4.78 is 0. The number of aliphatic hydroxyl groups is 2. The molecule has 0 amide bonds. The van der Waals surface area contributed by atoms with Crippen molar-refractivity contribution in [3.05, 3.63) is 0 Å². The lowest BCUT2D eigenvalue weighted by Gasteiger charge is -2.30. The summed E-state index contributed by atoms with van der Waals surface area (Å²) in [5, 5.41) is 22.9. The van der Waals surface area contributed by atoms with Crippen molar-refractivity contribution >= 4 is 0 Å². The molecule has 1 unspecified atom stereocenters. The molecule has 2 fully saturated rings. The molecule has 0 aromatic rings. The molecule has 0 saturated heterocycles. The third-order valence-corrected chi connectivity index (χ3v) is 4.66. The van der Waals surface area contributed by atoms with Gasteiger partial charge in [-0.1, -0.05) is 38.5 Å². The van der Waals surface area contributed by atoms with E-state index >= 15 is 0 Å². The maximum absolute atomic E-state index is 10.0. The van der Waals surface area contributed by atoms with E-state index in [0.29, 0.717) is 6.54 Å². The van der Waals surface area contributed by atoms with E-state index in [1.807, 2.05) is 0 Å². The van der Waals surface area contributed by atoms with Gasteiger partial charge in [0.2, 0.25) is 0 Å². The molecule has 2 saturated carbocycles. The molecule has 0 aliphatic heterocycles. The van der Waals surface area contributed by atoms with Crippen molar-refractivity contribution in [1.82, 2.24) is 5.32 Å². The molecule has 100 valence electrons. The average molecular weight is 241 g/mol. The normalized spacial score (nSPS) is 26.5. The zero-order chi connectivity index (χ0) is 12.1. The van der Waals surface area contributed by atoms with Crippen LogP contribution in [0, 0.1) is 5.92 Å². The molecule has 3 nitrogen and oxygen atoms in total. The highest BCUT2D eigenvalue weighted by Crippen LogP contribution is 2.30. The Morgan fingerprint density at radius 2 is 1.76 bits per heavy atom. The second-order valence-corrected chi connectivity index (χ2v) is 6.07. The van der Waals surface area contributed by atoms with Gasteiger partial charge in [-0.2, -0.15) is 0 Å². The highest BCUT2D eigenvalue weighted by Gasteiger charge is 2.33. The van der Waals surface area contributed by atoms with Gasteiger partial charge >= 0.3 is 0 Å². The molecular formula is C14H27NO2. The van der Waals surface area contributed by atoms with Crippen LogP contribution in [0.4, 0.5) is 0 Å². The molecule has 3 heteroatoms. The van der Waals surface area contributed by atoms with Gasteiger partial charge in [-0.15, -0.1) is 0 Å². The maximum atomic E-state index is 10.0. The molecule has 1 atom stereocenters. The fourth-order valence-electron chi connectivity index (χ4n) is 3.49. The van der Waals surface area contributed by atoms with Crippen LogP contribution >= 0.6 is 0 Å². The Balaban J connectivity index is 1.69. The monoisotopic (exact) mass is 241 g/mol. The minimum atomic E-state index is -0.234. The molecule has 2 aliphatic carbocycles. The highest BCUT2D eigenvalue weighted by molar-refractivity contribution is 4.92. The minimum Gasteiger partial charge on any atom is -0.394 e. The van der Waals surface area contributed by atoms with Gasteiger partial charge in [0.1, 0.15) is 0 Å². The summed E-state index contributed by atoms with van der Waals surface area (Å²) in [6.07, 6.45) is 10.5. The Kier molecular flexibility index (Phi) is 4.83. The van der Waals surface area contributed by atoms with E-state index in [2.05, 4.69) is 5.32 Å². The number of hydrogen-bond donors (Lipinski definition) is 3. The van der Waals surface area contributed by atoms with Crippen molar-refractivity contribution in [1.29, 1.82) is 0 Å². The van der Waals surface area contributed by atoms with Crippen LogP contribution in [0.1, 0.15) is 57.8 Å². The molecule has 2 rings (SSSR count). The first-order valence-electron chi connectivity index (χ1n) is 7.28. The van der Waals surface area contributed by atoms with Gasteiger partial charge < -0.3 is 15.5 Å². The highest BCUT2D eigenvalue weighted by atomic mass is 16.3. The smallest absolute Gasteiger partial charge is 0.0667 e. The summed E-state index contributed by atoms with van der Waals surface area (Å²) in [6, 6.07) is 0. The predicted molar refractivity (Wildman–Crippen MR) is 68.9 cm³/mol. The summed E-state index contributed by atoms with van der Waals surface area (Å²) in [7, 11) is 0. The fraction of sp³-hybridized carbons (Fsp3) is 1.00. The molecule has 0 bridgehead atoms. The molecule has 0 aromatic carbocycles. The van der Waals surface area contributed by atoms with Gasteiger partial charge in [0.25, 0.3) is 0 Å². The van der Waals surface area contributed by atoms with Gasteiger partial charge in [0, 0.05) is 12.1 Å². The van der Waals surface area contributed by atoms with Gasteiger partial charge in [-0.25, -0.2) is 0 Å². The second kappa shape index (κ2) is 6.17. The van der Waals surface area contributed by atoms with Crippen molar-refractivity contribution < 1.29 is 10.2 Å². The zero-order valence-electron chi connectivity index (χ0n) is 10.8. The lowest BCUT2D eigenvalue weighted by Crippen LogP contribution is -2.49. The van der Waals surface area contributed by atoms with E-state index in [0.717, 1.165) is 25.2 Å². The van der Waals surface area contributed by atoms with Crippen molar-refractivity contribution in [2.45, 2.75) is 69.4 Å². The lowest BCUT2D eigenvalue weighted by molar-refractivity contribution is 0.106. The van der Waals surface area contributed by atoms with Gasteiger partial charge in [-0.05, 0) is 25.2 Å². The van der Waals surface area contributed by atoms with E-state index in [4.69, 9.17) is 0 Å². The van der Waals surface area contributed by atoms with Crippen molar-refractivity contribution in [3.63, 3.8) is 0 Å². The number of β-amino-alcohol motifs (C(OH)–C–C–N with tert-alkyl or cyclic N) is 1. The summed E-state index contributed by atoms with van der Waals surface area (Å²) in [5.74, 6) is 0.737. The van der Waals surface area contributed by atoms with Crippen LogP contribution in [0.3, 0.4) is 0 Å². The second-order valence-electron chi connectivity index (χ2n) is 6.07. The Morgan fingerprint density at radius 3 is 2.35 bits per heavy atom. The molecule has 0 spiro atoms. The summed E-state index contributed by atoms with van der Waals surface area (Å²) in [6.45, 7) is 0.861. The summed E-state index contributed by atoms with van der Waals surface area (Å²) in [4.78, 5) is 0. The van der Waals surface area contributed by atoms with E-state index in [1.165, 1.54) is 38.5 Å². The van der Waals surface area contributed by atoms with Crippen LogP contribution in [-0.4, -0.2) is 35.0 Å². The Labute approximate surface area is 105 Å². The van der Waals surface area contributed by atoms with E-state index < -0.39 is 0 Å². The van der Waals surface area contributed by atoms with Crippen molar-refractivity contribution in [3.8, 4) is 0 Å². The number of aliphatic hydroxyl groups excluding tert-OH is 2. The number of rotatable bonds is 6. The van der Waals surface area contributed by atoms with Gasteiger partial charge in [0.05, 0.1) is 12.7 Å². The standard InChI is InChI=1S/C14H27NO2/c16-11-14(7-3-4-8-14)15-10-13(17)9-12-5-1-2-6-12/h12-13,15-17H,1-11H2. The van der Waals surface area contributed by atoms with E-state index in [1.54, 1.807) is 0 Å². The molecule has 3 N–H and O–H groups in total. The third-order valence-electron chi connectivity index (χ3n) is 4.66. The first-order valence-corrected chi connectivity index (χ1v) is 7.28. The van der Waals surface area contributed by atoms with E-state index in [-0.39, 0.29) is 18.2 Å². The first kappa shape index (κ1) is 13.3. The fourth-order valence-corrected chi connectivity index (χ4v) is 3.49. The maximum Gasteiger partial charge on any atom is 0.0667 e. The van der Waals surface area contributed by atoms with E-state index in [9.17, 15) is 10.2 Å². The van der Waals surface area contributed by atoms with Crippen LogP contribution in [0.25, 0.3) is 0 Å². The largest absolute Gasteiger partial charge is 0.394 e. The minimum absolute atomic E-state index is 0.0867. The quantitative estimate of drug-likeness (QED) is 0.665. The average Bonchev–Trinajstić information content (AvgIpc) is 2.98. The Morgan fingerprint density at radius 1 is 1.12 bits per heavy atom. The van der Waals surface area contributed by atoms with Crippen molar-refractivity contribution in [2.75, 3.05) is 13.2 Å². The Hall–Kier alpha value is -0.120. The van der Waals surface area contributed by atoms with Gasteiger partial charge in [-0.3, -0.25) is 0 Å². The molecule has 0 radical (unpaired) electrons. The SMILES string of the molecule is OCC1(NCC(O)CC2CCCC2)CCCC1. The van der Waals surface area contributed by atoms with Crippen LogP contribution < -0.4 is 5.32 Å². The number of hydrogen-bond acceptors (Lipinski definition) is 3. The molecule has 17 heavy (non-hydrogen) atoms. The third kappa shape index (κ3) is 3.67. The molecule has 0 heterocycles. The lowest BCUT2D eigenvalue weighted by atomic mass is 9.96. The summed E-state index contributed by atoms with van der Waals surface area (Å²) in [5.41, 5.74) is -0.0867. The zero-order valence-corrected chi connectivity index (χ0v) is 10.8. The van der Waals surface area contributed by atoms with Crippen LogP contribution in [0.5, 0.6) is 0 Å². The topological polar surface area (TPSA) is 52.5 Å². The van der Waals surface area contributed by atoms with Crippen LogP contribution in [-0.2, 0) is 0 Å². The Bertz CT molecular complexity index is 220. The first-order chi connectivity index (χ1) is 8.24. The molecule has 2 aliphatic rings. The van der Waals surface area contributed by atoms with Crippen molar-refractivity contribution in [2.24, 2.45) is 5.92 Å². The number of nitrogens with one attached hydrogen (secondary N) is 1. The van der Waals surface area contributed by atoms with Crippen LogP contribution in [0.15, 0.2) is 0 Å². The van der Waals surface area contributed by atoms with Gasteiger partial charge in [0.15, 0.2) is 0 Å². The van der Waals surface area contributed by atoms with Crippen LogP contribution in [0.2, 0.25) is 0 Å². The predicted octanol–water partition coefficient (Wildman–Crippen LogP) is 1.82. The summed E-state index contributed by atoms with van der Waals surface area (Å²) >= 11 is 0. The molecule has 0 aromatic heterocycles. The molecular weight excluding hydrogens is 214 g/mol.